The highest BCUT2D eigenvalue weighted by atomic mass is 16.5. The summed E-state index contributed by atoms with van der Waals surface area (Å²) in [5.41, 5.74) is 10.5. The van der Waals surface area contributed by atoms with Gasteiger partial charge in [0.25, 0.3) is 5.91 Å². The fraction of sp³-hybridized carbons (Fsp3) is 0.488. The van der Waals surface area contributed by atoms with Gasteiger partial charge in [-0.15, -0.1) is 0 Å². The van der Waals surface area contributed by atoms with Crippen LogP contribution < -0.4 is 15.5 Å². The number of piperazine rings is 1. The van der Waals surface area contributed by atoms with Gasteiger partial charge in [0.2, 0.25) is 23.8 Å². The Balaban J connectivity index is 0.870. The number of morpholine rings is 1. The first kappa shape index (κ1) is 39.2. The highest BCUT2D eigenvalue weighted by Crippen LogP contribution is 2.35. The summed E-state index contributed by atoms with van der Waals surface area (Å²) in [6.07, 6.45) is 4.65. The topological polar surface area (TPSA) is 211 Å². The lowest BCUT2D eigenvalue weighted by Crippen LogP contribution is -2.58. The lowest BCUT2D eigenvalue weighted by molar-refractivity contribution is -0.138. The van der Waals surface area contributed by atoms with Crippen molar-refractivity contribution in [3.63, 3.8) is 0 Å². The smallest absolute Gasteiger partial charge is 0.258 e. The number of piperidine rings is 1. The van der Waals surface area contributed by atoms with Crippen LogP contribution in [0.5, 0.6) is 11.5 Å². The number of hydrogen-bond donors (Lipinski definition) is 4. The molecule has 1 atom stereocenters. The molecule has 17 nitrogen and oxygen atoms in total. The number of likely N-dealkylation sites (tertiary alicyclic amines) is 1. The normalized spacial score (nSPS) is 19.2. The molecule has 0 bridgehead atoms. The number of benzene rings is 2. The van der Waals surface area contributed by atoms with Gasteiger partial charge in [-0.1, -0.05) is 32.0 Å². The van der Waals surface area contributed by atoms with Crippen LogP contribution in [-0.2, 0) is 29.2 Å². The third-order valence-corrected chi connectivity index (χ3v) is 11.7. The summed E-state index contributed by atoms with van der Waals surface area (Å²) >= 11 is 0. The van der Waals surface area contributed by atoms with Gasteiger partial charge in [-0.05, 0) is 60.2 Å². The molecule has 0 unspecified atom stereocenters. The van der Waals surface area contributed by atoms with Crippen LogP contribution in [0.2, 0.25) is 0 Å². The molecule has 58 heavy (non-hydrogen) atoms. The predicted octanol–water partition coefficient (Wildman–Crippen LogP) is 2.36. The van der Waals surface area contributed by atoms with Crippen molar-refractivity contribution in [3.05, 3.63) is 70.5 Å². The number of aromatic hydroxyl groups is 2. The molecule has 8 rings (SSSR count). The Kier molecular flexibility index (Phi) is 11.3. The van der Waals surface area contributed by atoms with E-state index in [0.29, 0.717) is 87.9 Å². The van der Waals surface area contributed by atoms with E-state index in [0.717, 1.165) is 49.2 Å². The highest BCUT2D eigenvalue weighted by Gasteiger charge is 2.36. The summed E-state index contributed by atoms with van der Waals surface area (Å²) in [4.78, 5) is 60.0. The maximum absolute atomic E-state index is 13.9. The van der Waals surface area contributed by atoms with Crippen LogP contribution in [-0.4, -0.2) is 138 Å². The lowest BCUT2D eigenvalue weighted by Gasteiger charge is -2.42. The molecule has 0 radical (unpaired) electrons. The summed E-state index contributed by atoms with van der Waals surface area (Å²) in [6.45, 7) is 10.6. The van der Waals surface area contributed by atoms with Crippen molar-refractivity contribution in [2.75, 3.05) is 81.2 Å². The number of phenols is 2. The van der Waals surface area contributed by atoms with Gasteiger partial charge in [-0.2, -0.15) is 15.0 Å². The molecule has 4 aliphatic heterocycles. The fourth-order valence-electron chi connectivity index (χ4n) is 8.39. The summed E-state index contributed by atoms with van der Waals surface area (Å²) in [5.74, 6) is 0.988. The maximum Gasteiger partial charge on any atom is 0.258 e. The first-order valence-corrected chi connectivity index (χ1v) is 20.1. The number of hydrogen-bond acceptors (Lipinski definition) is 15. The average Bonchev–Trinajstić information content (AvgIpc) is 3.67. The summed E-state index contributed by atoms with van der Waals surface area (Å²) in [6, 6.07) is 8.80. The Hall–Kier alpha value is -5.65. The van der Waals surface area contributed by atoms with Gasteiger partial charge in [0.15, 0.2) is 5.82 Å². The van der Waals surface area contributed by atoms with E-state index < -0.39 is 6.04 Å². The summed E-state index contributed by atoms with van der Waals surface area (Å²) < 4.78 is 5.54. The molecule has 2 aromatic heterocycles. The molecule has 306 valence electrons. The van der Waals surface area contributed by atoms with Gasteiger partial charge in [0.05, 0.1) is 37.0 Å². The fourth-order valence-corrected chi connectivity index (χ4v) is 8.39. The second-order valence-electron chi connectivity index (χ2n) is 15.9. The Morgan fingerprint density at radius 3 is 2.31 bits per heavy atom. The molecule has 0 saturated carbocycles. The molecule has 6 heterocycles. The first-order chi connectivity index (χ1) is 28.0. The number of rotatable bonds is 9. The number of carbonyl (C=O) groups excluding carboxylic acids is 2. The Bertz CT molecular complexity index is 2140. The molecule has 0 aliphatic carbocycles. The van der Waals surface area contributed by atoms with Crippen LogP contribution in [0.15, 0.2) is 42.7 Å². The van der Waals surface area contributed by atoms with Crippen LogP contribution in [0.25, 0.3) is 11.4 Å². The van der Waals surface area contributed by atoms with Crippen LogP contribution >= 0.6 is 0 Å². The number of nitrogen functional groups attached to an aromatic ring is 1. The van der Waals surface area contributed by atoms with Crippen molar-refractivity contribution >= 4 is 29.7 Å². The SMILES string of the molecule is CC(C)c1cc(C(=O)N2Cc3ccc(CN4CCC(C(=O)N5CCN(c6nc(-c7cnc(N)nc7)nc(N7CCOCC7)n6)[C@@H](CO)C5)CC4)cc3C2)c(O)cc1O. The number of aromatic nitrogens is 5. The number of carbonyl (C=O) groups is 2. The summed E-state index contributed by atoms with van der Waals surface area (Å²) in [7, 11) is 0. The van der Waals surface area contributed by atoms with Gasteiger partial charge >= 0.3 is 0 Å². The van der Waals surface area contributed by atoms with Crippen molar-refractivity contribution in [1.82, 2.24) is 39.6 Å². The number of phenolic OH excluding ortho intramolecular Hbond substituents is 2. The zero-order chi connectivity index (χ0) is 40.5. The summed E-state index contributed by atoms with van der Waals surface area (Å²) in [5, 5.41) is 31.3. The van der Waals surface area contributed by atoms with E-state index in [1.165, 1.54) is 6.07 Å². The standard InChI is InChI=1S/C41H51N11O6/c1-25(2)32-16-33(35(55)17-34(32)54)38(57)51-21-28-4-3-26(15-29(28)22-51)20-48-7-5-27(6-8-48)37(56)50-9-10-52(31(23-50)24-53)41-46-36(30-18-43-39(42)44-19-30)45-40(47-41)49-11-13-58-14-12-49/h3-4,15-19,25,27,31,53-55H,5-14,20-24H2,1-2H3,(H2,42,43,44)/t31-/m1/s1. The van der Waals surface area contributed by atoms with E-state index in [9.17, 15) is 24.9 Å². The van der Waals surface area contributed by atoms with Gasteiger partial charge in [0.1, 0.15) is 11.5 Å². The van der Waals surface area contributed by atoms with Crippen LogP contribution in [0.4, 0.5) is 17.8 Å². The predicted molar refractivity (Wildman–Crippen MR) is 215 cm³/mol. The van der Waals surface area contributed by atoms with Gasteiger partial charge in [0, 0.05) is 76.7 Å². The Labute approximate surface area is 337 Å². The number of fused-ring (bicyclic) bond motifs is 1. The lowest BCUT2D eigenvalue weighted by atomic mass is 9.94. The minimum absolute atomic E-state index is 0.0000205. The number of aliphatic hydroxyl groups is 1. The van der Waals surface area contributed by atoms with Crippen molar-refractivity contribution in [2.24, 2.45) is 5.92 Å². The van der Waals surface area contributed by atoms with Crippen molar-refractivity contribution in [3.8, 4) is 22.9 Å². The monoisotopic (exact) mass is 793 g/mol. The molecule has 4 aliphatic rings. The number of aliphatic hydroxyl groups excluding tert-OH is 1. The van der Waals surface area contributed by atoms with Crippen molar-refractivity contribution in [2.45, 2.75) is 58.3 Å². The number of ether oxygens (including phenoxy) is 1. The Morgan fingerprint density at radius 2 is 1.59 bits per heavy atom. The maximum atomic E-state index is 13.9. The second-order valence-corrected chi connectivity index (χ2v) is 15.9. The molecule has 17 heteroatoms. The van der Waals surface area contributed by atoms with E-state index in [-0.39, 0.29) is 53.3 Å². The molecule has 4 aromatic rings. The number of anilines is 3. The zero-order valence-electron chi connectivity index (χ0n) is 33.0. The first-order valence-electron chi connectivity index (χ1n) is 20.1. The third-order valence-electron chi connectivity index (χ3n) is 11.7. The van der Waals surface area contributed by atoms with Crippen LogP contribution in [0.1, 0.15) is 65.2 Å². The minimum atomic E-state index is -0.399. The average molecular weight is 794 g/mol. The molecule has 2 aromatic carbocycles. The molecule has 2 amide bonds. The highest BCUT2D eigenvalue weighted by molar-refractivity contribution is 5.97. The Morgan fingerprint density at radius 1 is 0.862 bits per heavy atom. The zero-order valence-corrected chi connectivity index (χ0v) is 33.0. The van der Waals surface area contributed by atoms with Gasteiger partial charge in [-0.25, -0.2) is 9.97 Å². The molecular weight excluding hydrogens is 743 g/mol. The molecular formula is C41H51N11O6. The van der Waals surface area contributed by atoms with E-state index >= 15 is 0 Å². The van der Waals surface area contributed by atoms with Crippen LogP contribution in [0, 0.1) is 5.92 Å². The van der Waals surface area contributed by atoms with Crippen molar-refractivity contribution < 1.29 is 29.6 Å². The number of nitrogens with zero attached hydrogens (tertiary/aromatic N) is 10. The van der Waals surface area contributed by atoms with Gasteiger partial charge < -0.3 is 45.4 Å². The van der Waals surface area contributed by atoms with Crippen molar-refractivity contribution in [1.29, 1.82) is 0 Å². The molecule has 3 saturated heterocycles. The van der Waals surface area contributed by atoms with E-state index in [4.69, 9.17) is 25.4 Å². The van der Waals surface area contributed by atoms with E-state index in [1.807, 2.05) is 28.5 Å². The second kappa shape index (κ2) is 16.7. The molecule has 3 fully saturated rings. The van der Waals surface area contributed by atoms with E-state index in [1.54, 1.807) is 23.4 Å². The minimum Gasteiger partial charge on any atom is -0.508 e. The molecule has 0 spiro atoms. The quantitative estimate of drug-likeness (QED) is 0.192. The largest absolute Gasteiger partial charge is 0.508 e. The third kappa shape index (κ3) is 8.19. The molecule has 5 N–H and O–H groups in total. The number of amides is 2. The van der Waals surface area contributed by atoms with Crippen LogP contribution in [0.3, 0.4) is 0 Å². The number of nitrogens with two attached hydrogens (primary N) is 1. The van der Waals surface area contributed by atoms with E-state index in [2.05, 4.69) is 33.1 Å². The van der Waals surface area contributed by atoms with Gasteiger partial charge in [-0.3, -0.25) is 14.5 Å².